The minimum Gasteiger partial charge on any atom is -0.362 e. The molecule has 2 aliphatic rings. The van der Waals surface area contributed by atoms with Gasteiger partial charge in [0.1, 0.15) is 11.9 Å². The van der Waals surface area contributed by atoms with E-state index in [2.05, 4.69) is 9.71 Å². The van der Waals surface area contributed by atoms with Gasteiger partial charge in [0.2, 0.25) is 11.8 Å². The standard InChI is InChI=1S/C20H28N4O4S/c1-3-19(25)24-13-5-4-10-17(24)20(26)21-15-8-6-9-16(14-15)29(27,28)22-18-11-7-12-23(18)2/h6,8-9,14,17H,3-5,7,10-13H2,1-2H3,(H,21,26)/b22-18-. The average Bonchev–Trinajstić information content (AvgIpc) is 3.11. The number of rotatable bonds is 5. The lowest BCUT2D eigenvalue weighted by Gasteiger charge is -2.34. The van der Waals surface area contributed by atoms with E-state index in [0.717, 1.165) is 25.8 Å². The Balaban J connectivity index is 1.77. The molecule has 2 aliphatic heterocycles. The number of likely N-dealkylation sites (tertiary alicyclic amines) is 2. The fraction of sp³-hybridized carbons (Fsp3) is 0.550. The lowest BCUT2D eigenvalue weighted by Crippen LogP contribution is -2.49. The summed E-state index contributed by atoms with van der Waals surface area (Å²) >= 11 is 0. The third kappa shape index (κ3) is 4.95. The second kappa shape index (κ2) is 8.94. The zero-order valence-electron chi connectivity index (χ0n) is 16.9. The van der Waals surface area contributed by atoms with Crippen LogP contribution in [0.15, 0.2) is 33.6 Å². The maximum absolute atomic E-state index is 12.8. The molecule has 2 saturated heterocycles. The van der Waals surface area contributed by atoms with E-state index in [1.165, 1.54) is 12.1 Å². The van der Waals surface area contributed by atoms with Crippen LogP contribution < -0.4 is 5.32 Å². The number of carbonyl (C=O) groups excluding carboxylic acids is 2. The van der Waals surface area contributed by atoms with Crippen molar-refractivity contribution in [3.8, 4) is 0 Å². The number of amides is 2. The van der Waals surface area contributed by atoms with Gasteiger partial charge in [-0.1, -0.05) is 13.0 Å². The lowest BCUT2D eigenvalue weighted by molar-refractivity contribution is -0.140. The Kier molecular flexibility index (Phi) is 6.56. The van der Waals surface area contributed by atoms with E-state index in [4.69, 9.17) is 0 Å². The molecule has 1 atom stereocenters. The predicted octanol–water partition coefficient (Wildman–Crippen LogP) is 2.23. The van der Waals surface area contributed by atoms with Crippen molar-refractivity contribution in [3.05, 3.63) is 24.3 Å². The maximum Gasteiger partial charge on any atom is 0.284 e. The second-order valence-electron chi connectivity index (χ2n) is 7.48. The van der Waals surface area contributed by atoms with Crippen molar-refractivity contribution in [2.24, 2.45) is 4.40 Å². The SMILES string of the molecule is CCC(=O)N1CCCCC1C(=O)Nc1cccc(S(=O)(=O)/N=C2/CCCN2C)c1. The quantitative estimate of drug-likeness (QED) is 0.787. The van der Waals surface area contributed by atoms with Crippen molar-refractivity contribution in [3.63, 3.8) is 0 Å². The van der Waals surface area contributed by atoms with Gasteiger partial charge in [-0.2, -0.15) is 8.42 Å². The summed E-state index contributed by atoms with van der Waals surface area (Å²) in [6, 6.07) is 5.58. The predicted molar refractivity (Wildman–Crippen MR) is 111 cm³/mol. The van der Waals surface area contributed by atoms with Crippen molar-refractivity contribution in [1.29, 1.82) is 0 Å². The zero-order chi connectivity index (χ0) is 21.0. The fourth-order valence-electron chi connectivity index (χ4n) is 3.77. The van der Waals surface area contributed by atoms with Gasteiger partial charge in [-0.3, -0.25) is 9.59 Å². The number of carbonyl (C=O) groups is 2. The van der Waals surface area contributed by atoms with Crippen molar-refractivity contribution < 1.29 is 18.0 Å². The van der Waals surface area contributed by atoms with Gasteiger partial charge in [0.25, 0.3) is 10.0 Å². The highest BCUT2D eigenvalue weighted by Gasteiger charge is 2.31. The number of piperidine rings is 1. The first-order valence-electron chi connectivity index (χ1n) is 10.1. The second-order valence-corrected chi connectivity index (χ2v) is 9.08. The van der Waals surface area contributed by atoms with Crippen LogP contribution in [0.4, 0.5) is 5.69 Å². The number of hydrogen-bond acceptors (Lipinski definition) is 4. The Morgan fingerprint density at radius 2 is 2.00 bits per heavy atom. The molecule has 0 saturated carbocycles. The van der Waals surface area contributed by atoms with Gasteiger partial charge in [0, 0.05) is 38.7 Å². The average molecular weight is 421 g/mol. The fourth-order valence-corrected chi connectivity index (χ4v) is 4.91. The number of nitrogens with zero attached hydrogens (tertiary/aromatic N) is 3. The molecule has 29 heavy (non-hydrogen) atoms. The van der Waals surface area contributed by atoms with Gasteiger partial charge in [0.05, 0.1) is 4.90 Å². The van der Waals surface area contributed by atoms with E-state index in [0.29, 0.717) is 37.3 Å². The van der Waals surface area contributed by atoms with E-state index in [1.807, 2.05) is 11.9 Å². The molecule has 0 aromatic heterocycles. The van der Waals surface area contributed by atoms with E-state index < -0.39 is 16.1 Å². The van der Waals surface area contributed by atoms with Crippen LogP contribution in [0.3, 0.4) is 0 Å². The number of amidine groups is 1. The van der Waals surface area contributed by atoms with Crippen LogP contribution >= 0.6 is 0 Å². The molecular formula is C20H28N4O4S. The highest BCUT2D eigenvalue weighted by Crippen LogP contribution is 2.23. The minimum atomic E-state index is -3.86. The third-order valence-corrected chi connectivity index (χ3v) is 6.69. The Bertz CT molecular complexity index is 913. The Labute approximate surface area is 172 Å². The number of anilines is 1. The first-order chi connectivity index (χ1) is 13.8. The molecule has 0 aliphatic carbocycles. The smallest absolute Gasteiger partial charge is 0.284 e. The summed E-state index contributed by atoms with van der Waals surface area (Å²) < 4.78 is 29.3. The number of benzene rings is 1. The van der Waals surface area contributed by atoms with Gasteiger partial charge in [-0.25, -0.2) is 0 Å². The largest absolute Gasteiger partial charge is 0.362 e. The van der Waals surface area contributed by atoms with Gasteiger partial charge in [-0.05, 0) is 43.9 Å². The van der Waals surface area contributed by atoms with E-state index in [1.54, 1.807) is 24.0 Å². The molecule has 1 unspecified atom stereocenters. The monoisotopic (exact) mass is 420 g/mol. The Hall–Kier alpha value is -2.42. The number of hydrogen-bond donors (Lipinski definition) is 1. The van der Waals surface area contributed by atoms with Crippen LogP contribution in [-0.4, -0.2) is 62.0 Å². The zero-order valence-corrected chi connectivity index (χ0v) is 17.7. The molecule has 3 rings (SSSR count). The minimum absolute atomic E-state index is 0.0354. The molecule has 2 heterocycles. The van der Waals surface area contributed by atoms with Crippen molar-refractivity contribution >= 4 is 33.4 Å². The summed E-state index contributed by atoms with van der Waals surface area (Å²) in [6.45, 7) is 3.15. The number of sulfonamides is 1. The summed E-state index contributed by atoms with van der Waals surface area (Å²) in [7, 11) is -2.03. The van der Waals surface area contributed by atoms with E-state index in [-0.39, 0.29) is 16.7 Å². The summed E-state index contributed by atoms with van der Waals surface area (Å²) in [5, 5.41) is 2.78. The molecule has 2 fully saturated rings. The molecule has 8 nitrogen and oxygen atoms in total. The van der Waals surface area contributed by atoms with Crippen LogP contribution in [0.5, 0.6) is 0 Å². The Morgan fingerprint density at radius 3 is 2.69 bits per heavy atom. The summed E-state index contributed by atoms with van der Waals surface area (Å²) in [5.74, 6) is 0.218. The molecule has 0 spiro atoms. The molecule has 9 heteroatoms. The lowest BCUT2D eigenvalue weighted by atomic mass is 10.0. The number of nitrogens with one attached hydrogen (secondary N) is 1. The van der Waals surface area contributed by atoms with Gasteiger partial charge >= 0.3 is 0 Å². The third-order valence-electron chi connectivity index (χ3n) is 5.39. The molecule has 0 radical (unpaired) electrons. The maximum atomic E-state index is 12.8. The summed E-state index contributed by atoms with van der Waals surface area (Å²) in [4.78, 5) is 28.5. The van der Waals surface area contributed by atoms with Gasteiger partial charge in [0.15, 0.2) is 0 Å². The normalized spacial score (nSPS) is 21.4. The summed E-state index contributed by atoms with van der Waals surface area (Å²) in [5.41, 5.74) is 0.380. The van der Waals surface area contributed by atoms with Crippen LogP contribution in [0.2, 0.25) is 0 Å². The van der Waals surface area contributed by atoms with Crippen molar-refractivity contribution in [2.45, 2.75) is 56.4 Å². The van der Waals surface area contributed by atoms with E-state index in [9.17, 15) is 18.0 Å². The van der Waals surface area contributed by atoms with Crippen LogP contribution in [-0.2, 0) is 19.6 Å². The van der Waals surface area contributed by atoms with Crippen molar-refractivity contribution in [1.82, 2.24) is 9.80 Å². The first-order valence-corrected chi connectivity index (χ1v) is 11.5. The van der Waals surface area contributed by atoms with Crippen molar-refractivity contribution in [2.75, 3.05) is 25.5 Å². The molecule has 1 aromatic carbocycles. The topological polar surface area (TPSA) is 99.2 Å². The molecule has 158 valence electrons. The molecule has 1 N–H and O–H groups in total. The summed E-state index contributed by atoms with van der Waals surface area (Å²) in [6.07, 6.45) is 4.25. The van der Waals surface area contributed by atoms with E-state index >= 15 is 0 Å². The molecule has 0 bridgehead atoms. The van der Waals surface area contributed by atoms with Crippen LogP contribution in [0.25, 0.3) is 0 Å². The van der Waals surface area contributed by atoms with Gasteiger partial charge in [-0.15, -0.1) is 4.40 Å². The molecule has 2 amide bonds. The Morgan fingerprint density at radius 1 is 1.21 bits per heavy atom. The van der Waals surface area contributed by atoms with Crippen LogP contribution in [0.1, 0.15) is 45.4 Å². The van der Waals surface area contributed by atoms with Crippen LogP contribution in [0, 0.1) is 0 Å². The first kappa shape index (κ1) is 21.3. The van der Waals surface area contributed by atoms with Gasteiger partial charge < -0.3 is 15.1 Å². The highest BCUT2D eigenvalue weighted by atomic mass is 32.2. The molecule has 1 aromatic rings. The highest BCUT2D eigenvalue weighted by molar-refractivity contribution is 7.90. The molecular weight excluding hydrogens is 392 g/mol.